The smallest absolute Gasteiger partial charge is 0.227 e. The number of aliphatic hydroxyl groups is 1. The summed E-state index contributed by atoms with van der Waals surface area (Å²) in [5, 5.41) is 13.3. The topological polar surface area (TPSA) is 62.0 Å². The Morgan fingerprint density at radius 1 is 0.895 bits per heavy atom. The summed E-state index contributed by atoms with van der Waals surface area (Å²) in [6, 6.07) is 31.0. The van der Waals surface area contributed by atoms with Gasteiger partial charge < -0.3 is 14.3 Å². The van der Waals surface area contributed by atoms with Crippen molar-refractivity contribution in [3.63, 3.8) is 0 Å². The molecule has 0 unspecified atom stereocenters. The summed E-state index contributed by atoms with van der Waals surface area (Å²) in [5.41, 5.74) is 3.78. The molecule has 0 aliphatic carbocycles. The van der Waals surface area contributed by atoms with Crippen LogP contribution in [-0.2, 0) is 0 Å². The highest BCUT2D eigenvalue weighted by molar-refractivity contribution is 5.86. The molecule has 38 heavy (non-hydrogen) atoms. The number of nitrogens with zero attached hydrogens (tertiary/aromatic N) is 3. The van der Waals surface area contributed by atoms with Gasteiger partial charge in [-0.05, 0) is 47.5 Å². The van der Waals surface area contributed by atoms with E-state index >= 15 is 0 Å². The van der Waals surface area contributed by atoms with Crippen molar-refractivity contribution in [1.29, 1.82) is 0 Å². The number of oxazole rings is 1. The van der Waals surface area contributed by atoms with Crippen molar-refractivity contribution in [1.82, 2.24) is 14.8 Å². The maximum atomic E-state index is 10.7. The third-order valence-electron chi connectivity index (χ3n) is 7.52. The molecule has 1 aliphatic heterocycles. The first-order valence-electron chi connectivity index (χ1n) is 13.3. The molecule has 194 valence electrons. The van der Waals surface area contributed by atoms with Gasteiger partial charge in [0.2, 0.25) is 5.89 Å². The zero-order valence-corrected chi connectivity index (χ0v) is 21.7. The summed E-state index contributed by atoms with van der Waals surface area (Å²) in [6.45, 7) is 6.95. The monoisotopic (exact) mass is 507 g/mol. The molecule has 0 bridgehead atoms. The maximum Gasteiger partial charge on any atom is 0.227 e. The van der Waals surface area contributed by atoms with E-state index in [2.05, 4.69) is 64.2 Å². The van der Waals surface area contributed by atoms with Crippen LogP contribution in [0.25, 0.3) is 33.3 Å². The normalized spacial score (nSPS) is 16.6. The van der Waals surface area contributed by atoms with E-state index in [9.17, 15) is 5.11 Å². The van der Waals surface area contributed by atoms with Crippen LogP contribution in [0, 0.1) is 0 Å². The van der Waals surface area contributed by atoms with Crippen LogP contribution in [0.3, 0.4) is 0 Å². The maximum absolute atomic E-state index is 10.7. The second-order valence-corrected chi connectivity index (χ2v) is 10.1. The minimum Gasteiger partial charge on any atom is -0.491 e. The zero-order valence-electron chi connectivity index (χ0n) is 21.7. The van der Waals surface area contributed by atoms with E-state index in [1.54, 1.807) is 0 Å². The number of piperazine rings is 1. The lowest BCUT2D eigenvalue weighted by Gasteiger charge is -2.39. The molecule has 1 fully saturated rings. The van der Waals surface area contributed by atoms with Gasteiger partial charge in [0.1, 0.15) is 24.0 Å². The largest absolute Gasteiger partial charge is 0.491 e. The Hall–Kier alpha value is -3.71. The molecule has 0 amide bonds. The highest BCUT2D eigenvalue weighted by Gasteiger charge is 2.24. The van der Waals surface area contributed by atoms with E-state index in [0.29, 0.717) is 29.8 Å². The van der Waals surface area contributed by atoms with Gasteiger partial charge in [0.25, 0.3) is 0 Å². The number of ether oxygens (including phenoxy) is 1. The van der Waals surface area contributed by atoms with E-state index in [1.165, 1.54) is 16.3 Å². The first-order valence-corrected chi connectivity index (χ1v) is 13.3. The van der Waals surface area contributed by atoms with Crippen LogP contribution >= 0.6 is 0 Å². The fraction of sp³-hybridized carbons (Fsp3) is 0.281. The van der Waals surface area contributed by atoms with E-state index in [-0.39, 0.29) is 6.61 Å². The summed E-state index contributed by atoms with van der Waals surface area (Å²) in [5.74, 6) is 1.27. The lowest BCUT2D eigenvalue weighted by molar-refractivity contribution is 0.0382. The van der Waals surface area contributed by atoms with Gasteiger partial charge in [-0.1, -0.05) is 60.7 Å². The molecule has 0 spiro atoms. The van der Waals surface area contributed by atoms with Crippen molar-refractivity contribution in [2.75, 3.05) is 39.3 Å². The Kier molecular flexibility index (Phi) is 7.10. The van der Waals surface area contributed by atoms with Crippen LogP contribution in [0.2, 0.25) is 0 Å². The SMILES string of the molecule is C[C@H](c1cccc2ccccc12)N1CCN(C[C@@H](O)COc2ccc3oc(-c4ccccc4)nc3c2)CC1. The number of β-amino-alcohol motifs (C(OH)–C–C–N with tert-alkyl or cyclic N) is 1. The average molecular weight is 508 g/mol. The molecule has 2 atom stereocenters. The fourth-order valence-electron chi connectivity index (χ4n) is 5.39. The fourth-order valence-corrected chi connectivity index (χ4v) is 5.39. The Morgan fingerprint density at radius 2 is 1.66 bits per heavy atom. The Bertz CT molecular complexity index is 1500. The molecule has 2 heterocycles. The van der Waals surface area contributed by atoms with Gasteiger partial charge in [-0.25, -0.2) is 4.98 Å². The van der Waals surface area contributed by atoms with Gasteiger partial charge in [-0.2, -0.15) is 0 Å². The van der Waals surface area contributed by atoms with E-state index in [1.807, 2.05) is 48.5 Å². The van der Waals surface area contributed by atoms with Crippen molar-refractivity contribution in [2.45, 2.75) is 19.1 Å². The molecule has 1 saturated heterocycles. The number of rotatable bonds is 8. The number of hydrogen-bond donors (Lipinski definition) is 1. The molecule has 0 saturated carbocycles. The first-order chi connectivity index (χ1) is 18.6. The first kappa shape index (κ1) is 24.6. The highest BCUT2D eigenvalue weighted by Crippen LogP contribution is 2.29. The Morgan fingerprint density at radius 3 is 2.50 bits per heavy atom. The average Bonchev–Trinajstić information content (AvgIpc) is 3.40. The second kappa shape index (κ2) is 11.0. The minimum atomic E-state index is -0.565. The molecule has 0 radical (unpaired) electrons. The predicted octanol–water partition coefficient (Wildman–Crippen LogP) is 5.77. The van der Waals surface area contributed by atoms with Crippen molar-refractivity contribution in [2.24, 2.45) is 0 Å². The molecule has 1 N–H and O–H groups in total. The Labute approximate surface area is 223 Å². The van der Waals surface area contributed by atoms with Crippen molar-refractivity contribution in [3.05, 3.63) is 96.6 Å². The molecule has 1 aromatic heterocycles. The zero-order chi connectivity index (χ0) is 25.9. The highest BCUT2D eigenvalue weighted by atomic mass is 16.5. The summed E-state index contributed by atoms with van der Waals surface area (Å²) in [6.07, 6.45) is -0.565. The number of aromatic nitrogens is 1. The third-order valence-corrected chi connectivity index (χ3v) is 7.52. The quantitative estimate of drug-likeness (QED) is 0.288. The number of hydrogen-bond acceptors (Lipinski definition) is 6. The summed E-state index contributed by atoms with van der Waals surface area (Å²) >= 11 is 0. The van der Waals surface area contributed by atoms with E-state index in [0.717, 1.165) is 37.3 Å². The predicted molar refractivity (Wildman–Crippen MR) is 151 cm³/mol. The van der Waals surface area contributed by atoms with Gasteiger partial charge in [0.05, 0.1) is 0 Å². The van der Waals surface area contributed by atoms with Crippen LogP contribution in [-0.4, -0.2) is 65.3 Å². The van der Waals surface area contributed by atoms with Gasteiger partial charge in [0.15, 0.2) is 5.58 Å². The molecule has 6 nitrogen and oxygen atoms in total. The van der Waals surface area contributed by atoms with Crippen molar-refractivity contribution >= 4 is 21.9 Å². The molecule has 1 aliphatic rings. The van der Waals surface area contributed by atoms with Crippen LogP contribution in [0.1, 0.15) is 18.5 Å². The standard InChI is InChI=1S/C32H33N3O3/c1-23(28-13-7-11-24-8-5-6-12-29(24)28)35-18-16-34(17-19-35)21-26(36)22-37-27-14-15-31-30(20-27)33-32(38-31)25-9-3-2-4-10-25/h2-15,20,23,26,36H,16-19,21-22H2,1H3/t23-,26-/m1/s1. The number of aliphatic hydroxyl groups excluding tert-OH is 1. The summed E-state index contributed by atoms with van der Waals surface area (Å²) in [7, 11) is 0. The van der Waals surface area contributed by atoms with Gasteiger partial charge in [0, 0.05) is 50.4 Å². The van der Waals surface area contributed by atoms with Gasteiger partial charge in [-0.3, -0.25) is 9.80 Å². The van der Waals surface area contributed by atoms with E-state index in [4.69, 9.17) is 9.15 Å². The molecule has 6 rings (SSSR count). The van der Waals surface area contributed by atoms with Crippen LogP contribution < -0.4 is 4.74 Å². The van der Waals surface area contributed by atoms with Crippen molar-refractivity contribution < 1.29 is 14.3 Å². The number of fused-ring (bicyclic) bond motifs is 2. The van der Waals surface area contributed by atoms with E-state index < -0.39 is 6.10 Å². The van der Waals surface area contributed by atoms with Crippen molar-refractivity contribution in [3.8, 4) is 17.2 Å². The van der Waals surface area contributed by atoms with Crippen LogP contribution in [0.4, 0.5) is 0 Å². The lowest BCUT2D eigenvalue weighted by Crippen LogP contribution is -2.49. The lowest BCUT2D eigenvalue weighted by atomic mass is 9.98. The van der Waals surface area contributed by atoms with Gasteiger partial charge in [-0.15, -0.1) is 0 Å². The molecule has 5 aromatic rings. The molecular formula is C32H33N3O3. The Balaban J connectivity index is 1.01. The second-order valence-electron chi connectivity index (χ2n) is 10.1. The van der Waals surface area contributed by atoms with Crippen LogP contribution in [0.5, 0.6) is 5.75 Å². The summed E-state index contributed by atoms with van der Waals surface area (Å²) in [4.78, 5) is 9.47. The van der Waals surface area contributed by atoms with Crippen LogP contribution in [0.15, 0.2) is 95.4 Å². The molecular weight excluding hydrogens is 474 g/mol. The minimum absolute atomic E-state index is 0.238. The number of benzene rings is 4. The molecule has 6 heteroatoms. The van der Waals surface area contributed by atoms with Gasteiger partial charge >= 0.3 is 0 Å². The third kappa shape index (κ3) is 5.29. The summed E-state index contributed by atoms with van der Waals surface area (Å²) < 4.78 is 11.8. The molecule has 4 aromatic carbocycles.